The van der Waals surface area contributed by atoms with E-state index in [0.717, 1.165) is 12.3 Å². The van der Waals surface area contributed by atoms with Gasteiger partial charge in [0.05, 0.1) is 12.6 Å². The second-order valence-electron chi connectivity index (χ2n) is 3.57. The van der Waals surface area contributed by atoms with Crippen molar-refractivity contribution in [1.29, 1.82) is 5.41 Å². The van der Waals surface area contributed by atoms with Gasteiger partial charge >= 0.3 is 0 Å². The highest BCUT2D eigenvalue weighted by Gasteiger charge is 2.28. The average Bonchev–Trinajstić information content (AvgIpc) is 2.62. The van der Waals surface area contributed by atoms with Crippen molar-refractivity contribution >= 4 is 16.9 Å². The van der Waals surface area contributed by atoms with Crippen LogP contribution in [0.3, 0.4) is 0 Å². The summed E-state index contributed by atoms with van der Waals surface area (Å²) >= 11 is 1.51. The van der Waals surface area contributed by atoms with Crippen LogP contribution in [0.4, 0.5) is 0 Å². The zero-order valence-corrected chi connectivity index (χ0v) is 9.20. The number of aliphatic hydroxyl groups is 1. The third-order valence-corrected chi connectivity index (χ3v) is 3.58. The van der Waals surface area contributed by atoms with E-state index in [2.05, 4.69) is 0 Å². The van der Waals surface area contributed by atoms with Gasteiger partial charge in [0.1, 0.15) is 0 Å². The minimum absolute atomic E-state index is 0.0997. The van der Waals surface area contributed by atoms with Crippen molar-refractivity contribution in [2.24, 2.45) is 0 Å². The molecule has 0 saturated carbocycles. The summed E-state index contributed by atoms with van der Waals surface area (Å²) in [6.45, 7) is 0.847. The summed E-state index contributed by atoms with van der Waals surface area (Å²) in [5, 5.41) is 17.5. The maximum absolute atomic E-state index is 9.18. The molecular weight excluding hydrogens is 208 g/mol. The summed E-state index contributed by atoms with van der Waals surface area (Å²) in [7, 11) is 0. The molecule has 1 heterocycles. The number of hydrogen-bond acceptors (Lipinski definition) is 3. The topological polar surface area (TPSA) is 47.3 Å². The molecule has 80 valence electrons. The predicted octanol–water partition coefficient (Wildman–Crippen LogP) is 1.53. The lowest BCUT2D eigenvalue weighted by Crippen LogP contribution is -2.35. The van der Waals surface area contributed by atoms with Crippen molar-refractivity contribution in [1.82, 2.24) is 4.90 Å². The van der Waals surface area contributed by atoms with Crippen LogP contribution in [-0.2, 0) is 6.54 Å². The molecule has 1 aliphatic heterocycles. The van der Waals surface area contributed by atoms with Gasteiger partial charge in [-0.25, -0.2) is 0 Å². The molecule has 15 heavy (non-hydrogen) atoms. The van der Waals surface area contributed by atoms with E-state index in [1.54, 1.807) is 0 Å². The number of rotatable bonds is 3. The van der Waals surface area contributed by atoms with Crippen molar-refractivity contribution in [2.75, 3.05) is 12.4 Å². The molecule has 0 aromatic heterocycles. The lowest BCUT2D eigenvalue weighted by atomic mass is 10.2. The predicted molar refractivity (Wildman–Crippen MR) is 63.0 cm³/mol. The van der Waals surface area contributed by atoms with Crippen LogP contribution in [0.15, 0.2) is 30.3 Å². The third-order valence-electron chi connectivity index (χ3n) is 2.52. The molecule has 1 fully saturated rings. The average molecular weight is 222 g/mol. The van der Waals surface area contributed by atoms with E-state index >= 15 is 0 Å². The Balaban J connectivity index is 2.07. The van der Waals surface area contributed by atoms with Crippen LogP contribution in [0.2, 0.25) is 0 Å². The summed E-state index contributed by atoms with van der Waals surface area (Å²) in [5.41, 5.74) is 1.18. The molecule has 0 aliphatic carbocycles. The van der Waals surface area contributed by atoms with Crippen molar-refractivity contribution in [3.63, 3.8) is 0 Å². The molecule has 1 saturated heterocycles. The highest BCUT2D eigenvalue weighted by Crippen LogP contribution is 2.24. The quantitative estimate of drug-likeness (QED) is 0.815. The highest BCUT2D eigenvalue weighted by atomic mass is 32.2. The third kappa shape index (κ3) is 2.33. The van der Waals surface area contributed by atoms with E-state index in [-0.39, 0.29) is 12.6 Å². The van der Waals surface area contributed by atoms with Gasteiger partial charge in [0.25, 0.3) is 0 Å². The fourth-order valence-corrected chi connectivity index (χ4v) is 2.66. The van der Waals surface area contributed by atoms with E-state index in [1.165, 1.54) is 17.3 Å². The van der Waals surface area contributed by atoms with Gasteiger partial charge in [-0.15, -0.1) is 0 Å². The van der Waals surface area contributed by atoms with E-state index in [9.17, 15) is 5.11 Å². The Bertz CT molecular complexity index is 342. The molecular formula is C11H14N2OS. The van der Waals surface area contributed by atoms with Gasteiger partial charge in [-0.05, 0) is 5.56 Å². The molecule has 1 aromatic rings. The molecule has 1 atom stereocenters. The maximum Gasteiger partial charge on any atom is 0.157 e. The van der Waals surface area contributed by atoms with Gasteiger partial charge in [0, 0.05) is 12.3 Å². The van der Waals surface area contributed by atoms with Gasteiger partial charge < -0.3 is 10.0 Å². The number of hydrogen-bond donors (Lipinski definition) is 2. The van der Waals surface area contributed by atoms with Crippen LogP contribution in [0, 0.1) is 5.41 Å². The smallest absolute Gasteiger partial charge is 0.157 e. The summed E-state index contributed by atoms with van der Waals surface area (Å²) in [6, 6.07) is 10.2. The first kappa shape index (κ1) is 10.5. The first-order valence-corrected chi connectivity index (χ1v) is 5.92. The first-order chi connectivity index (χ1) is 7.31. The molecule has 1 aliphatic rings. The maximum atomic E-state index is 9.18. The molecule has 0 radical (unpaired) electrons. The second kappa shape index (κ2) is 4.68. The SMILES string of the molecule is N=C1SCC(CO)N1Cc1ccccc1. The molecule has 1 unspecified atom stereocenters. The fourth-order valence-electron chi connectivity index (χ4n) is 1.65. The van der Waals surface area contributed by atoms with Crippen LogP contribution in [-0.4, -0.2) is 33.6 Å². The van der Waals surface area contributed by atoms with Gasteiger partial charge in [-0.1, -0.05) is 42.1 Å². The van der Waals surface area contributed by atoms with Crippen molar-refractivity contribution in [2.45, 2.75) is 12.6 Å². The minimum atomic E-state index is 0.0997. The van der Waals surface area contributed by atoms with Crippen LogP contribution < -0.4 is 0 Å². The fraction of sp³-hybridized carbons (Fsp3) is 0.364. The van der Waals surface area contributed by atoms with Crippen molar-refractivity contribution in [3.8, 4) is 0 Å². The Morgan fingerprint density at radius 2 is 2.13 bits per heavy atom. The molecule has 1 aromatic carbocycles. The Labute approximate surface area is 93.6 Å². The van der Waals surface area contributed by atoms with Crippen molar-refractivity contribution in [3.05, 3.63) is 35.9 Å². The van der Waals surface area contributed by atoms with Crippen LogP contribution in [0.5, 0.6) is 0 Å². The van der Waals surface area contributed by atoms with Crippen molar-refractivity contribution < 1.29 is 5.11 Å². The molecule has 0 amide bonds. The van der Waals surface area contributed by atoms with Crippen LogP contribution in [0.1, 0.15) is 5.56 Å². The summed E-state index contributed by atoms with van der Waals surface area (Å²) in [4.78, 5) is 1.96. The normalized spacial score (nSPS) is 21.0. The lowest BCUT2D eigenvalue weighted by Gasteiger charge is -2.23. The number of nitrogens with zero attached hydrogens (tertiary/aromatic N) is 1. The number of aliphatic hydroxyl groups excluding tert-OH is 1. The minimum Gasteiger partial charge on any atom is -0.394 e. The zero-order chi connectivity index (χ0) is 10.7. The Kier molecular flexibility index (Phi) is 3.28. The van der Waals surface area contributed by atoms with Gasteiger partial charge in [0.15, 0.2) is 5.17 Å². The Morgan fingerprint density at radius 3 is 2.80 bits per heavy atom. The molecule has 3 nitrogen and oxygen atoms in total. The largest absolute Gasteiger partial charge is 0.394 e. The first-order valence-electron chi connectivity index (χ1n) is 4.94. The molecule has 0 spiro atoms. The molecule has 4 heteroatoms. The van der Waals surface area contributed by atoms with E-state index in [4.69, 9.17) is 5.41 Å². The number of nitrogens with one attached hydrogen (secondary N) is 1. The Morgan fingerprint density at radius 1 is 1.40 bits per heavy atom. The molecule has 2 N–H and O–H groups in total. The summed E-state index contributed by atoms with van der Waals surface area (Å²) in [5.74, 6) is 0.822. The number of thioether (sulfide) groups is 1. The van der Waals surface area contributed by atoms with Crippen LogP contribution >= 0.6 is 11.8 Å². The molecule has 0 bridgehead atoms. The van der Waals surface area contributed by atoms with Gasteiger partial charge in [-0.2, -0.15) is 0 Å². The standard InChI is InChI=1S/C11H14N2OS/c12-11-13(10(7-14)8-15-11)6-9-4-2-1-3-5-9/h1-5,10,12,14H,6-8H2. The van der Waals surface area contributed by atoms with E-state index < -0.39 is 0 Å². The number of benzene rings is 1. The zero-order valence-electron chi connectivity index (χ0n) is 8.39. The Hall–Kier alpha value is -1.00. The summed E-state index contributed by atoms with van der Waals surface area (Å²) in [6.07, 6.45) is 0. The number of amidine groups is 1. The summed E-state index contributed by atoms with van der Waals surface area (Å²) < 4.78 is 0. The second-order valence-corrected chi connectivity index (χ2v) is 4.57. The van der Waals surface area contributed by atoms with E-state index in [1.807, 2.05) is 35.2 Å². The molecule has 2 rings (SSSR count). The highest BCUT2D eigenvalue weighted by molar-refractivity contribution is 8.14. The van der Waals surface area contributed by atoms with Gasteiger partial charge in [-0.3, -0.25) is 5.41 Å². The van der Waals surface area contributed by atoms with E-state index in [0.29, 0.717) is 5.17 Å². The monoisotopic (exact) mass is 222 g/mol. The van der Waals surface area contributed by atoms with Gasteiger partial charge in [0.2, 0.25) is 0 Å². The van der Waals surface area contributed by atoms with Crippen LogP contribution in [0.25, 0.3) is 0 Å². The lowest BCUT2D eigenvalue weighted by molar-refractivity contribution is 0.197.